The maximum Gasteiger partial charge on any atom is 0.255 e. The van der Waals surface area contributed by atoms with Crippen LogP contribution in [-0.4, -0.2) is 29.9 Å². The lowest BCUT2D eigenvalue weighted by atomic mass is 10.1. The molecule has 0 aliphatic carbocycles. The number of nitrogens with zero attached hydrogens (tertiary/aromatic N) is 2. The molecule has 0 aliphatic rings. The third-order valence-electron chi connectivity index (χ3n) is 4.15. The predicted molar refractivity (Wildman–Crippen MR) is 103 cm³/mol. The summed E-state index contributed by atoms with van der Waals surface area (Å²) < 4.78 is 6.26. The number of carbonyl (C=O) groups excluding carboxylic acids is 1. The number of ether oxygens (including phenoxy) is 1. The normalized spacial score (nSPS) is 10.7. The maximum absolute atomic E-state index is 12.9. The number of aromatic nitrogens is 1. The van der Waals surface area contributed by atoms with Crippen LogP contribution in [0.1, 0.15) is 21.6 Å². The second-order valence-electron chi connectivity index (χ2n) is 5.93. The largest absolute Gasteiger partial charge is 0.497 e. The average molecular weight is 399 g/mol. The first-order chi connectivity index (χ1) is 12.0. The Hall–Kier alpha value is -2.40. The Kier molecular flexibility index (Phi) is 5.04. The van der Waals surface area contributed by atoms with E-state index in [-0.39, 0.29) is 5.91 Å². The number of hydrogen-bond donors (Lipinski definition) is 0. The molecule has 0 spiro atoms. The fourth-order valence-electron chi connectivity index (χ4n) is 2.75. The second kappa shape index (κ2) is 7.23. The number of aryl methyl sites for hydroxylation is 1. The number of hydrogen-bond acceptors (Lipinski definition) is 3. The molecule has 0 bridgehead atoms. The van der Waals surface area contributed by atoms with E-state index in [1.807, 2.05) is 55.5 Å². The standard InChI is InChI=1S/C20H19BrN2O2/c1-13-17(11-15-10-16(25-3)8-9-19(15)22-13)20(24)23(2)12-14-6-4-5-7-18(14)21/h4-11H,12H2,1-3H3. The fraction of sp³-hybridized carbons (Fsp3) is 0.200. The highest BCUT2D eigenvalue weighted by Crippen LogP contribution is 2.23. The van der Waals surface area contributed by atoms with E-state index in [2.05, 4.69) is 20.9 Å². The SMILES string of the molecule is COc1ccc2nc(C)c(C(=O)N(C)Cc3ccccc3Br)cc2c1. The topological polar surface area (TPSA) is 42.4 Å². The van der Waals surface area contributed by atoms with Gasteiger partial charge in [0.15, 0.2) is 0 Å². The van der Waals surface area contributed by atoms with E-state index in [4.69, 9.17) is 4.74 Å². The van der Waals surface area contributed by atoms with E-state index in [0.717, 1.165) is 32.4 Å². The smallest absolute Gasteiger partial charge is 0.255 e. The van der Waals surface area contributed by atoms with Gasteiger partial charge in [-0.2, -0.15) is 0 Å². The van der Waals surface area contributed by atoms with Gasteiger partial charge in [-0.05, 0) is 42.8 Å². The molecule has 4 nitrogen and oxygen atoms in total. The molecular weight excluding hydrogens is 380 g/mol. The number of carbonyl (C=O) groups is 1. The number of methoxy groups -OCH3 is 1. The van der Waals surface area contributed by atoms with Crippen LogP contribution in [0.3, 0.4) is 0 Å². The lowest BCUT2D eigenvalue weighted by molar-refractivity contribution is 0.0784. The van der Waals surface area contributed by atoms with E-state index in [9.17, 15) is 4.79 Å². The maximum atomic E-state index is 12.9. The van der Waals surface area contributed by atoms with Crippen molar-refractivity contribution in [3.63, 3.8) is 0 Å². The molecule has 5 heteroatoms. The highest BCUT2D eigenvalue weighted by Gasteiger charge is 2.17. The van der Waals surface area contributed by atoms with Crippen LogP contribution in [-0.2, 0) is 6.54 Å². The number of benzene rings is 2. The monoisotopic (exact) mass is 398 g/mol. The fourth-order valence-corrected chi connectivity index (χ4v) is 3.16. The predicted octanol–water partition coefficient (Wildman–Crippen LogP) is 4.59. The van der Waals surface area contributed by atoms with Gasteiger partial charge < -0.3 is 9.64 Å². The highest BCUT2D eigenvalue weighted by atomic mass is 79.9. The minimum atomic E-state index is -0.0505. The van der Waals surface area contributed by atoms with Gasteiger partial charge in [-0.15, -0.1) is 0 Å². The number of halogens is 1. The zero-order chi connectivity index (χ0) is 18.0. The van der Waals surface area contributed by atoms with Crippen LogP contribution >= 0.6 is 15.9 Å². The van der Waals surface area contributed by atoms with Crippen LogP contribution in [0.4, 0.5) is 0 Å². The number of rotatable bonds is 4. The second-order valence-corrected chi connectivity index (χ2v) is 6.79. The molecule has 0 fully saturated rings. The zero-order valence-corrected chi connectivity index (χ0v) is 16.0. The van der Waals surface area contributed by atoms with Gasteiger partial charge >= 0.3 is 0 Å². The van der Waals surface area contributed by atoms with Crippen LogP contribution in [0.25, 0.3) is 10.9 Å². The van der Waals surface area contributed by atoms with E-state index in [0.29, 0.717) is 12.1 Å². The van der Waals surface area contributed by atoms with Crippen LogP contribution in [0.15, 0.2) is 53.0 Å². The van der Waals surface area contributed by atoms with Crippen molar-refractivity contribution < 1.29 is 9.53 Å². The van der Waals surface area contributed by atoms with Gasteiger partial charge in [0.1, 0.15) is 5.75 Å². The Morgan fingerprint density at radius 1 is 1.20 bits per heavy atom. The summed E-state index contributed by atoms with van der Waals surface area (Å²) in [7, 11) is 3.43. The lowest BCUT2D eigenvalue weighted by Gasteiger charge is -2.19. The minimum absolute atomic E-state index is 0.0505. The average Bonchev–Trinajstić information content (AvgIpc) is 2.62. The first kappa shape index (κ1) is 17.4. The van der Waals surface area contributed by atoms with Crippen molar-refractivity contribution in [1.82, 2.24) is 9.88 Å². The number of amides is 1. The Balaban J connectivity index is 1.92. The van der Waals surface area contributed by atoms with Gasteiger partial charge in [0.05, 0.1) is 23.9 Å². The van der Waals surface area contributed by atoms with E-state index >= 15 is 0 Å². The van der Waals surface area contributed by atoms with Gasteiger partial charge in [-0.3, -0.25) is 9.78 Å². The summed E-state index contributed by atoms with van der Waals surface area (Å²) in [6, 6.07) is 15.5. The Bertz CT molecular complexity index is 940. The molecule has 2 aromatic carbocycles. The van der Waals surface area contributed by atoms with Crippen LogP contribution in [0.5, 0.6) is 5.75 Å². The first-order valence-corrected chi connectivity index (χ1v) is 8.73. The zero-order valence-electron chi connectivity index (χ0n) is 14.4. The van der Waals surface area contributed by atoms with Crippen LogP contribution in [0, 0.1) is 6.92 Å². The van der Waals surface area contributed by atoms with E-state index in [1.54, 1.807) is 19.1 Å². The van der Waals surface area contributed by atoms with Crippen molar-refractivity contribution in [1.29, 1.82) is 0 Å². The molecular formula is C20H19BrN2O2. The molecule has 0 radical (unpaired) electrons. The Morgan fingerprint density at radius 2 is 1.96 bits per heavy atom. The molecule has 3 rings (SSSR count). The summed E-state index contributed by atoms with van der Waals surface area (Å²) in [6.45, 7) is 2.39. The van der Waals surface area contributed by atoms with Crippen molar-refractivity contribution in [2.45, 2.75) is 13.5 Å². The van der Waals surface area contributed by atoms with Crippen molar-refractivity contribution in [2.75, 3.05) is 14.2 Å². The Labute approximate surface area is 155 Å². The van der Waals surface area contributed by atoms with Gasteiger partial charge in [-0.25, -0.2) is 0 Å². The van der Waals surface area contributed by atoms with Crippen molar-refractivity contribution in [3.8, 4) is 5.75 Å². The minimum Gasteiger partial charge on any atom is -0.497 e. The number of pyridine rings is 1. The molecule has 1 aromatic heterocycles. The Morgan fingerprint density at radius 3 is 2.68 bits per heavy atom. The van der Waals surface area contributed by atoms with Crippen molar-refractivity contribution in [2.24, 2.45) is 0 Å². The molecule has 0 saturated carbocycles. The molecule has 1 heterocycles. The summed E-state index contributed by atoms with van der Waals surface area (Å²) in [4.78, 5) is 19.2. The number of fused-ring (bicyclic) bond motifs is 1. The molecule has 0 atom stereocenters. The quantitative estimate of drug-likeness (QED) is 0.645. The summed E-state index contributed by atoms with van der Waals surface area (Å²) in [5.41, 5.74) is 3.24. The summed E-state index contributed by atoms with van der Waals surface area (Å²) in [6.07, 6.45) is 0. The highest BCUT2D eigenvalue weighted by molar-refractivity contribution is 9.10. The molecule has 1 amide bonds. The van der Waals surface area contributed by atoms with Gasteiger partial charge in [-0.1, -0.05) is 34.1 Å². The van der Waals surface area contributed by atoms with Crippen molar-refractivity contribution in [3.05, 3.63) is 69.8 Å². The molecule has 0 aliphatic heterocycles. The molecule has 0 unspecified atom stereocenters. The van der Waals surface area contributed by atoms with E-state index in [1.165, 1.54) is 0 Å². The summed E-state index contributed by atoms with van der Waals surface area (Å²) in [5.74, 6) is 0.698. The van der Waals surface area contributed by atoms with Gasteiger partial charge in [0, 0.05) is 23.5 Å². The lowest BCUT2D eigenvalue weighted by Crippen LogP contribution is -2.27. The van der Waals surface area contributed by atoms with Gasteiger partial charge in [0.25, 0.3) is 5.91 Å². The third kappa shape index (κ3) is 3.66. The van der Waals surface area contributed by atoms with Crippen LogP contribution in [0.2, 0.25) is 0 Å². The molecule has 128 valence electrons. The molecule has 0 saturated heterocycles. The van der Waals surface area contributed by atoms with Gasteiger partial charge in [0.2, 0.25) is 0 Å². The summed E-state index contributed by atoms with van der Waals surface area (Å²) in [5, 5.41) is 0.891. The molecule has 3 aromatic rings. The summed E-state index contributed by atoms with van der Waals surface area (Å²) >= 11 is 3.53. The molecule has 25 heavy (non-hydrogen) atoms. The molecule has 0 N–H and O–H groups in total. The van der Waals surface area contributed by atoms with E-state index < -0.39 is 0 Å². The van der Waals surface area contributed by atoms with Crippen molar-refractivity contribution >= 4 is 32.7 Å². The first-order valence-electron chi connectivity index (χ1n) is 7.94. The van der Waals surface area contributed by atoms with Crippen LogP contribution < -0.4 is 4.74 Å². The third-order valence-corrected chi connectivity index (χ3v) is 4.93.